The van der Waals surface area contributed by atoms with Crippen molar-refractivity contribution < 1.29 is 0 Å². The fourth-order valence-corrected chi connectivity index (χ4v) is 2.46. The number of nitrogens with zero attached hydrogens (tertiary/aromatic N) is 1. The molecule has 90 valence electrons. The van der Waals surface area contributed by atoms with Crippen LogP contribution in [-0.4, -0.2) is 37.1 Å². The van der Waals surface area contributed by atoms with Crippen molar-refractivity contribution in [2.24, 2.45) is 11.3 Å². The van der Waals surface area contributed by atoms with Gasteiger partial charge >= 0.3 is 0 Å². The number of hydrogen-bond acceptors (Lipinski definition) is 2. The summed E-state index contributed by atoms with van der Waals surface area (Å²) in [5.41, 5.74) is 0.428. The molecule has 0 radical (unpaired) electrons. The Morgan fingerprint density at radius 2 is 1.87 bits per heavy atom. The van der Waals surface area contributed by atoms with E-state index in [1.807, 2.05) is 0 Å². The lowest BCUT2D eigenvalue weighted by Gasteiger charge is -2.41. The van der Waals surface area contributed by atoms with Crippen LogP contribution in [0.15, 0.2) is 0 Å². The monoisotopic (exact) mass is 212 g/mol. The molecule has 1 heterocycles. The summed E-state index contributed by atoms with van der Waals surface area (Å²) in [7, 11) is 2.24. The molecule has 0 aliphatic carbocycles. The van der Waals surface area contributed by atoms with Crippen LogP contribution >= 0.6 is 0 Å². The molecule has 0 aromatic carbocycles. The lowest BCUT2D eigenvalue weighted by molar-refractivity contribution is 0.138. The van der Waals surface area contributed by atoms with Crippen LogP contribution in [0.3, 0.4) is 0 Å². The van der Waals surface area contributed by atoms with Gasteiger partial charge in [-0.3, -0.25) is 0 Å². The molecule has 15 heavy (non-hydrogen) atoms. The highest BCUT2D eigenvalue weighted by Crippen LogP contribution is 2.23. The van der Waals surface area contributed by atoms with Gasteiger partial charge in [0.1, 0.15) is 0 Å². The minimum atomic E-state index is 0.428. The molecule has 0 bridgehead atoms. The summed E-state index contributed by atoms with van der Waals surface area (Å²) in [6.07, 6.45) is 1.26. The molecule has 1 aliphatic heterocycles. The third-order valence-electron chi connectivity index (χ3n) is 3.15. The highest BCUT2D eigenvalue weighted by molar-refractivity contribution is 4.88. The molecule has 2 nitrogen and oxygen atoms in total. The van der Waals surface area contributed by atoms with Crippen LogP contribution in [-0.2, 0) is 0 Å². The quantitative estimate of drug-likeness (QED) is 0.756. The van der Waals surface area contributed by atoms with Gasteiger partial charge in [-0.1, -0.05) is 34.6 Å². The van der Waals surface area contributed by atoms with Gasteiger partial charge in [0, 0.05) is 25.2 Å². The van der Waals surface area contributed by atoms with Crippen molar-refractivity contribution >= 4 is 0 Å². The molecule has 0 amide bonds. The predicted octanol–water partition coefficient (Wildman–Crippen LogP) is 2.35. The van der Waals surface area contributed by atoms with E-state index >= 15 is 0 Å². The summed E-state index contributed by atoms with van der Waals surface area (Å²) < 4.78 is 0. The molecule has 1 fully saturated rings. The fraction of sp³-hybridized carbons (Fsp3) is 1.00. The van der Waals surface area contributed by atoms with Crippen molar-refractivity contribution in [2.75, 3.05) is 20.1 Å². The van der Waals surface area contributed by atoms with E-state index in [-0.39, 0.29) is 0 Å². The van der Waals surface area contributed by atoms with E-state index < -0.39 is 0 Å². The van der Waals surface area contributed by atoms with Crippen LogP contribution in [0, 0.1) is 11.3 Å². The predicted molar refractivity (Wildman–Crippen MR) is 67.1 cm³/mol. The van der Waals surface area contributed by atoms with Gasteiger partial charge in [0.2, 0.25) is 0 Å². The lowest BCUT2D eigenvalue weighted by atomic mass is 9.86. The molecule has 0 aromatic heterocycles. The maximum Gasteiger partial charge on any atom is 0.0220 e. The van der Waals surface area contributed by atoms with Crippen molar-refractivity contribution in [3.05, 3.63) is 0 Å². The van der Waals surface area contributed by atoms with Gasteiger partial charge in [-0.2, -0.15) is 0 Å². The van der Waals surface area contributed by atoms with Gasteiger partial charge in [-0.15, -0.1) is 0 Å². The Bertz CT molecular complexity index is 193. The van der Waals surface area contributed by atoms with Crippen LogP contribution in [0.4, 0.5) is 0 Å². The Morgan fingerprint density at radius 1 is 1.27 bits per heavy atom. The number of nitrogens with one attached hydrogen (secondary N) is 1. The minimum absolute atomic E-state index is 0.428. The van der Waals surface area contributed by atoms with Gasteiger partial charge in [-0.05, 0) is 24.8 Å². The van der Waals surface area contributed by atoms with Crippen LogP contribution in [0.25, 0.3) is 0 Å². The first kappa shape index (κ1) is 13.0. The lowest BCUT2D eigenvalue weighted by Crippen LogP contribution is -2.57. The van der Waals surface area contributed by atoms with Gasteiger partial charge in [0.05, 0.1) is 0 Å². The number of piperazine rings is 1. The third kappa shape index (κ3) is 4.52. The molecule has 1 unspecified atom stereocenters. The summed E-state index contributed by atoms with van der Waals surface area (Å²) >= 11 is 0. The van der Waals surface area contributed by atoms with Crippen molar-refractivity contribution in [3.63, 3.8) is 0 Å². The average Bonchev–Trinajstić information content (AvgIpc) is 1.99. The Labute approximate surface area is 95.4 Å². The second-order valence-corrected chi connectivity index (χ2v) is 6.70. The van der Waals surface area contributed by atoms with E-state index in [1.165, 1.54) is 19.5 Å². The fourth-order valence-electron chi connectivity index (χ4n) is 2.46. The first-order chi connectivity index (χ1) is 6.78. The summed E-state index contributed by atoms with van der Waals surface area (Å²) in [5, 5.41) is 3.80. The van der Waals surface area contributed by atoms with Crippen LogP contribution in [0.2, 0.25) is 0 Å². The summed E-state index contributed by atoms with van der Waals surface area (Å²) in [5.74, 6) is 0.732. The molecule has 1 rings (SSSR count). The van der Waals surface area contributed by atoms with Crippen molar-refractivity contribution in [3.8, 4) is 0 Å². The molecule has 2 heteroatoms. The van der Waals surface area contributed by atoms with Crippen molar-refractivity contribution in [1.29, 1.82) is 0 Å². The first-order valence-electron chi connectivity index (χ1n) is 6.22. The summed E-state index contributed by atoms with van der Waals surface area (Å²) in [6, 6.07) is 1.33. The largest absolute Gasteiger partial charge is 0.308 e. The second-order valence-electron chi connectivity index (χ2n) is 6.70. The molecule has 1 N–H and O–H groups in total. The van der Waals surface area contributed by atoms with E-state index in [4.69, 9.17) is 0 Å². The van der Waals surface area contributed by atoms with Gasteiger partial charge in [-0.25, -0.2) is 0 Å². The standard InChI is InChI=1S/C13H28N2/c1-10(2)12-9-15(6)8-11(14-12)7-13(3,4)5/h10-12,14H,7-9H2,1-6H3/t11?,12-/m1/s1. The first-order valence-corrected chi connectivity index (χ1v) is 6.22. The maximum atomic E-state index is 3.80. The Hall–Kier alpha value is -0.0800. The Kier molecular flexibility index (Phi) is 4.19. The highest BCUT2D eigenvalue weighted by atomic mass is 15.2. The zero-order valence-electron chi connectivity index (χ0n) is 11.3. The zero-order chi connectivity index (χ0) is 11.6. The topological polar surface area (TPSA) is 15.3 Å². The van der Waals surface area contributed by atoms with Gasteiger partial charge in [0.25, 0.3) is 0 Å². The normalized spacial score (nSPS) is 29.8. The molecule has 0 saturated carbocycles. The van der Waals surface area contributed by atoms with Crippen LogP contribution in [0.1, 0.15) is 41.0 Å². The molecular weight excluding hydrogens is 184 g/mol. The minimum Gasteiger partial charge on any atom is -0.308 e. The maximum absolute atomic E-state index is 3.80. The third-order valence-corrected chi connectivity index (χ3v) is 3.15. The SMILES string of the molecule is CC(C)[C@H]1CN(C)CC(CC(C)(C)C)N1. The van der Waals surface area contributed by atoms with Crippen LogP contribution in [0.5, 0.6) is 0 Å². The second kappa shape index (κ2) is 4.84. The van der Waals surface area contributed by atoms with E-state index in [2.05, 4.69) is 51.9 Å². The Morgan fingerprint density at radius 3 is 2.33 bits per heavy atom. The molecule has 0 spiro atoms. The number of likely N-dealkylation sites (N-methyl/N-ethyl adjacent to an activating group) is 1. The van der Waals surface area contributed by atoms with Gasteiger partial charge < -0.3 is 10.2 Å². The highest BCUT2D eigenvalue weighted by Gasteiger charge is 2.28. The molecule has 2 atom stereocenters. The van der Waals surface area contributed by atoms with E-state index in [0.717, 1.165) is 5.92 Å². The van der Waals surface area contributed by atoms with Crippen molar-refractivity contribution in [2.45, 2.75) is 53.1 Å². The Balaban J connectivity index is 2.52. The summed E-state index contributed by atoms with van der Waals surface area (Å²) in [6.45, 7) is 14.0. The summed E-state index contributed by atoms with van der Waals surface area (Å²) in [4.78, 5) is 2.47. The zero-order valence-corrected chi connectivity index (χ0v) is 11.3. The molecule has 1 saturated heterocycles. The van der Waals surface area contributed by atoms with E-state index in [0.29, 0.717) is 17.5 Å². The van der Waals surface area contributed by atoms with Crippen LogP contribution < -0.4 is 5.32 Å². The number of rotatable bonds is 2. The van der Waals surface area contributed by atoms with E-state index in [1.54, 1.807) is 0 Å². The van der Waals surface area contributed by atoms with Gasteiger partial charge in [0.15, 0.2) is 0 Å². The number of hydrogen-bond donors (Lipinski definition) is 1. The smallest absolute Gasteiger partial charge is 0.0220 e. The van der Waals surface area contributed by atoms with Crippen molar-refractivity contribution in [1.82, 2.24) is 10.2 Å². The average molecular weight is 212 g/mol. The molecule has 1 aliphatic rings. The van der Waals surface area contributed by atoms with E-state index in [9.17, 15) is 0 Å². The molecular formula is C13H28N2. The molecule has 0 aromatic rings.